The fraction of sp³-hybridized carbons (Fsp3) is 0.500. The van der Waals surface area contributed by atoms with Gasteiger partial charge >= 0.3 is 243 Å². The van der Waals surface area contributed by atoms with E-state index in [9.17, 15) is 0 Å². The molecule has 37 heavy (non-hydrogen) atoms. The van der Waals surface area contributed by atoms with Gasteiger partial charge in [0.15, 0.2) is 0 Å². The van der Waals surface area contributed by atoms with Crippen LogP contribution < -0.4 is 3.58 Å². The quantitative estimate of drug-likeness (QED) is 0.226. The van der Waals surface area contributed by atoms with Crippen molar-refractivity contribution >= 4 is 26.1 Å². The summed E-state index contributed by atoms with van der Waals surface area (Å²) in [5.41, 5.74) is 14.8. The fourth-order valence-electron chi connectivity index (χ4n) is 5.50. The number of benzene rings is 3. The third-order valence-electron chi connectivity index (χ3n) is 7.87. The topological polar surface area (TPSA) is 0 Å². The molecule has 0 atom stereocenters. The van der Waals surface area contributed by atoms with Crippen LogP contribution in [0, 0.1) is 0 Å². The van der Waals surface area contributed by atoms with Crippen LogP contribution in [0.5, 0.6) is 0 Å². The van der Waals surface area contributed by atoms with Gasteiger partial charge in [-0.1, -0.05) is 0 Å². The molecule has 0 saturated heterocycles. The molecule has 196 valence electrons. The molecule has 0 aromatic heterocycles. The van der Waals surface area contributed by atoms with Gasteiger partial charge in [-0.2, -0.15) is 0 Å². The molecule has 3 aromatic carbocycles. The van der Waals surface area contributed by atoms with E-state index in [0.29, 0.717) is 35.5 Å². The van der Waals surface area contributed by atoms with Crippen LogP contribution in [0.25, 0.3) is 22.3 Å². The Labute approximate surface area is 241 Å². The Morgan fingerprint density at radius 2 is 0.703 bits per heavy atom. The molecule has 0 saturated carbocycles. The Morgan fingerprint density at radius 1 is 0.432 bits per heavy atom. The van der Waals surface area contributed by atoms with Gasteiger partial charge in [0.25, 0.3) is 0 Å². The molecular formula is C36H49Sn+. The SMILES string of the molecule is CC(C)c1cc(C(C)C)c(-c2cccc(-c3c(C(C)C)cc(C(C)C)cc3C(C)C)[c]2[Sn+])c(C(C)C)c1. The third-order valence-corrected chi connectivity index (χ3v) is 9.41. The van der Waals surface area contributed by atoms with Crippen LogP contribution in [0.1, 0.15) is 152 Å². The summed E-state index contributed by atoms with van der Waals surface area (Å²) >= 11 is 1.49. The molecule has 0 amide bonds. The van der Waals surface area contributed by atoms with Crippen molar-refractivity contribution in [2.45, 2.75) is 119 Å². The van der Waals surface area contributed by atoms with E-state index in [1.165, 1.54) is 81.7 Å². The van der Waals surface area contributed by atoms with Crippen LogP contribution in [-0.2, 0) is 0 Å². The van der Waals surface area contributed by atoms with Crippen LogP contribution in [0.15, 0.2) is 42.5 Å². The van der Waals surface area contributed by atoms with Gasteiger partial charge in [0, 0.05) is 0 Å². The molecule has 0 spiro atoms. The average molecular weight is 600 g/mol. The van der Waals surface area contributed by atoms with Gasteiger partial charge in [0.2, 0.25) is 0 Å². The molecule has 0 bridgehead atoms. The van der Waals surface area contributed by atoms with Crippen molar-refractivity contribution in [1.29, 1.82) is 0 Å². The zero-order valence-electron chi connectivity index (χ0n) is 25.5. The van der Waals surface area contributed by atoms with Crippen LogP contribution in [-0.4, -0.2) is 22.5 Å². The molecule has 0 unspecified atom stereocenters. The van der Waals surface area contributed by atoms with Crippen molar-refractivity contribution in [1.82, 2.24) is 0 Å². The Morgan fingerprint density at radius 3 is 0.919 bits per heavy atom. The van der Waals surface area contributed by atoms with Crippen molar-refractivity contribution in [3.63, 3.8) is 0 Å². The van der Waals surface area contributed by atoms with E-state index in [1.54, 1.807) is 0 Å². The van der Waals surface area contributed by atoms with Gasteiger partial charge in [-0.3, -0.25) is 0 Å². The minimum absolute atomic E-state index is 0.479. The number of hydrogen-bond acceptors (Lipinski definition) is 0. The molecule has 0 nitrogen and oxygen atoms in total. The van der Waals surface area contributed by atoms with E-state index in [1.807, 2.05) is 0 Å². The van der Waals surface area contributed by atoms with E-state index < -0.39 is 0 Å². The predicted octanol–water partition coefficient (Wildman–Crippen LogP) is 10.6. The van der Waals surface area contributed by atoms with Crippen molar-refractivity contribution in [3.8, 4) is 22.3 Å². The van der Waals surface area contributed by atoms with Crippen molar-refractivity contribution < 1.29 is 0 Å². The molecule has 0 aliphatic carbocycles. The summed E-state index contributed by atoms with van der Waals surface area (Å²) in [5.74, 6) is 2.98. The summed E-state index contributed by atoms with van der Waals surface area (Å²) in [5, 5.41) is 0. The number of hydrogen-bond donors (Lipinski definition) is 0. The normalized spacial score (nSPS) is 12.3. The van der Waals surface area contributed by atoms with Crippen LogP contribution in [0.4, 0.5) is 0 Å². The maximum atomic E-state index is 2.50. The first-order chi connectivity index (χ1) is 17.3. The molecule has 1 heteroatoms. The fourth-order valence-corrected chi connectivity index (χ4v) is 6.69. The molecule has 3 rings (SSSR count). The Balaban J connectivity index is 2.44. The molecule has 3 aromatic rings. The molecular weight excluding hydrogens is 551 g/mol. The summed E-state index contributed by atoms with van der Waals surface area (Å²) in [6.45, 7) is 28.2. The van der Waals surface area contributed by atoms with Crippen LogP contribution in [0.3, 0.4) is 0 Å². The van der Waals surface area contributed by atoms with Crippen LogP contribution >= 0.6 is 0 Å². The van der Waals surface area contributed by atoms with E-state index in [-0.39, 0.29) is 0 Å². The Hall–Kier alpha value is -1.54. The van der Waals surface area contributed by atoms with Crippen molar-refractivity contribution in [3.05, 3.63) is 75.8 Å². The van der Waals surface area contributed by atoms with Gasteiger partial charge in [-0.15, -0.1) is 0 Å². The summed E-state index contributed by atoms with van der Waals surface area (Å²) in [6.07, 6.45) is 0. The molecule has 0 aliphatic heterocycles. The summed E-state index contributed by atoms with van der Waals surface area (Å²) in [7, 11) is 0. The summed E-state index contributed by atoms with van der Waals surface area (Å²) < 4.78 is 1.50. The van der Waals surface area contributed by atoms with E-state index in [4.69, 9.17) is 0 Å². The Kier molecular flexibility index (Phi) is 9.81. The second-order valence-corrected chi connectivity index (χ2v) is 14.2. The summed E-state index contributed by atoms with van der Waals surface area (Å²) in [6, 6.07) is 17.1. The van der Waals surface area contributed by atoms with Gasteiger partial charge in [0.1, 0.15) is 0 Å². The average Bonchev–Trinajstić information content (AvgIpc) is 2.82. The van der Waals surface area contributed by atoms with E-state index in [2.05, 4.69) is 126 Å². The third kappa shape index (κ3) is 6.21. The van der Waals surface area contributed by atoms with Crippen molar-refractivity contribution in [2.75, 3.05) is 0 Å². The minimum atomic E-state index is 0.479. The van der Waals surface area contributed by atoms with Crippen LogP contribution in [0.2, 0.25) is 0 Å². The second kappa shape index (κ2) is 12.1. The van der Waals surface area contributed by atoms with Gasteiger partial charge in [0.05, 0.1) is 0 Å². The molecule has 0 fully saturated rings. The first-order valence-corrected chi connectivity index (χ1v) is 15.9. The Bertz CT molecular complexity index is 1090. The molecule has 0 heterocycles. The van der Waals surface area contributed by atoms with Gasteiger partial charge in [-0.25, -0.2) is 0 Å². The zero-order chi connectivity index (χ0) is 27.8. The molecule has 0 N–H and O–H groups in total. The standard InChI is InChI=1S/C36H49.Sn/c1-21(2)29-17-31(23(5)6)35(32(18-29)24(7)8)27-14-13-15-28(16-27)36-33(25(9)10)19-30(22(3)4)20-34(36)26(11)12;/h13-15,17-26H,1-12H3;/q;+1. The zero-order valence-corrected chi connectivity index (χ0v) is 28.4. The molecule has 2 radical (unpaired) electrons. The summed E-state index contributed by atoms with van der Waals surface area (Å²) in [4.78, 5) is 0. The predicted molar refractivity (Wildman–Crippen MR) is 167 cm³/mol. The first-order valence-electron chi connectivity index (χ1n) is 14.5. The maximum absolute atomic E-state index is 2.50. The van der Waals surface area contributed by atoms with Gasteiger partial charge < -0.3 is 0 Å². The monoisotopic (exact) mass is 601 g/mol. The van der Waals surface area contributed by atoms with Gasteiger partial charge in [-0.05, 0) is 0 Å². The first kappa shape index (κ1) is 30.0. The second-order valence-electron chi connectivity index (χ2n) is 12.8. The molecule has 0 aliphatic rings. The van der Waals surface area contributed by atoms with Crippen molar-refractivity contribution in [2.24, 2.45) is 0 Å². The number of rotatable bonds is 8. The van der Waals surface area contributed by atoms with E-state index in [0.717, 1.165) is 0 Å². The van der Waals surface area contributed by atoms with E-state index >= 15 is 0 Å².